The molecule has 3 aliphatic rings. The number of imide groups is 2. The van der Waals surface area contributed by atoms with Gasteiger partial charge in [-0.25, -0.2) is 0 Å². The summed E-state index contributed by atoms with van der Waals surface area (Å²) in [6, 6.07) is 9.26. The van der Waals surface area contributed by atoms with Gasteiger partial charge >= 0.3 is 0 Å². The SMILES string of the molecule is COc1cc(-c2cn(C)c(=O)c3cnccc23)cc(OC)c1CN1CC(CCNC(=O)CCOCCOc2ccc3c(c2)C(=O)N(C2CCC(=O)NC2=O)C3=O)C1. The van der Waals surface area contributed by atoms with Gasteiger partial charge < -0.3 is 28.8 Å². The van der Waals surface area contributed by atoms with Gasteiger partial charge in [-0.2, -0.15) is 0 Å². The molecule has 1 atom stereocenters. The first kappa shape index (κ1) is 39.1. The van der Waals surface area contributed by atoms with E-state index in [0.717, 1.165) is 46.5 Å². The Balaban J connectivity index is 0.804. The zero-order valence-corrected chi connectivity index (χ0v) is 32.0. The Morgan fingerprint density at radius 3 is 2.40 bits per heavy atom. The highest BCUT2D eigenvalue weighted by atomic mass is 16.5. The van der Waals surface area contributed by atoms with Crippen molar-refractivity contribution in [3.63, 3.8) is 0 Å². The Kier molecular flexibility index (Phi) is 11.6. The van der Waals surface area contributed by atoms with Crippen LogP contribution >= 0.6 is 0 Å². The minimum atomic E-state index is -1.04. The standard InChI is InChI=1S/C41H44N6O10/c1-45-22-31(27-9-11-42-19-30(27)39(45)51)25-16-34(54-2)32(35(17-25)55-3)23-46-20-24(21-46)8-12-43-36(48)10-13-56-14-15-57-26-4-5-28-29(18-26)41(53)47(40(28)52)33-6-7-37(49)44-38(33)50/h4-5,9,11,16-19,22,24,33H,6-8,10,12-15,20-21,23H2,1-3H3,(H,43,48)(H,44,49,50). The van der Waals surface area contributed by atoms with Crippen molar-refractivity contribution >= 4 is 40.3 Å². The van der Waals surface area contributed by atoms with Crippen molar-refractivity contribution in [3.8, 4) is 28.4 Å². The number of pyridine rings is 2. The van der Waals surface area contributed by atoms with Gasteiger partial charge in [-0.15, -0.1) is 0 Å². The number of nitrogens with one attached hydrogen (secondary N) is 2. The molecule has 2 N–H and O–H groups in total. The van der Waals surface area contributed by atoms with E-state index in [-0.39, 0.29) is 61.7 Å². The maximum atomic E-state index is 13.0. The summed E-state index contributed by atoms with van der Waals surface area (Å²) in [6.45, 7) is 3.52. The smallest absolute Gasteiger partial charge is 0.262 e. The summed E-state index contributed by atoms with van der Waals surface area (Å²) < 4.78 is 24.5. The van der Waals surface area contributed by atoms with Crippen molar-refractivity contribution in [1.29, 1.82) is 0 Å². The summed E-state index contributed by atoms with van der Waals surface area (Å²) in [7, 11) is 5.00. The molecular formula is C41H44N6O10. The average molecular weight is 781 g/mol. The molecule has 1 unspecified atom stereocenters. The summed E-state index contributed by atoms with van der Waals surface area (Å²) in [5.74, 6) is -0.205. The topological polar surface area (TPSA) is 188 Å². The van der Waals surface area contributed by atoms with Gasteiger partial charge in [0, 0.05) is 70.2 Å². The lowest BCUT2D eigenvalue weighted by molar-refractivity contribution is -0.136. The molecule has 16 heteroatoms. The quantitative estimate of drug-likeness (QED) is 0.125. The number of ether oxygens (including phenoxy) is 4. The van der Waals surface area contributed by atoms with E-state index in [9.17, 15) is 28.8 Å². The first-order chi connectivity index (χ1) is 27.6. The number of fused-ring (bicyclic) bond motifs is 2. The molecule has 4 aromatic rings. The van der Waals surface area contributed by atoms with E-state index < -0.39 is 29.7 Å². The number of hydrogen-bond acceptors (Lipinski definition) is 12. The second-order valence-electron chi connectivity index (χ2n) is 14.3. The third-order valence-corrected chi connectivity index (χ3v) is 10.6. The van der Waals surface area contributed by atoms with Crippen molar-refractivity contribution in [2.24, 2.45) is 13.0 Å². The summed E-state index contributed by atoms with van der Waals surface area (Å²) in [6.07, 6.45) is 6.25. The van der Waals surface area contributed by atoms with Gasteiger partial charge in [0.2, 0.25) is 17.7 Å². The number of amides is 5. The second-order valence-corrected chi connectivity index (χ2v) is 14.3. The molecule has 0 bridgehead atoms. The van der Waals surface area contributed by atoms with Gasteiger partial charge in [0.1, 0.15) is 29.9 Å². The normalized spacial score (nSPS) is 17.0. The van der Waals surface area contributed by atoms with Gasteiger partial charge in [-0.1, -0.05) is 0 Å². The van der Waals surface area contributed by atoms with E-state index in [4.69, 9.17) is 18.9 Å². The highest BCUT2D eigenvalue weighted by Gasteiger charge is 2.44. The molecule has 298 valence electrons. The summed E-state index contributed by atoms with van der Waals surface area (Å²) >= 11 is 0. The van der Waals surface area contributed by atoms with E-state index in [0.29, 0.717) is 41.6 Å². The number of rotatable bonds is 16. The molecule has 0 radical (unpaired) electrons. The monoisotopic (exact) mass is 780 g/mol. The van der Waals surface area contributed by atoms with Crippen LogP contribution in [0.1, 0.15) is 52.0 Å². The molecule has 5 amide bonds. The number of nitrogens with zero attached hydrogens (tertiary/aromatic N) is 4. The van der Waals surface area contributed by atoms with E-state index in [1.807, 2.05) is 24.4 Å². The summed E-state index contributed by atoms with van der Waals surface area (Å²) in [4.78, 5) is 82.2. The molecule has 0 spiro atoms. The lowest BCUT2D eigenvalue weighted by Crippen LogP contribution is -2.54. The van der Waals surface area contributed by atoms with E-state index in [1.54, 1.807) is 44.3 Å². The molecule has 7 rings (SSSR count). The lowest BCUT2D eigenvalue weighted by atomic mass is 9.94. The van der Waals surface area contributed by atoms with Crippen LogP contribution < -0.4 is 30.4 Å². The minimum absolute atomic E-state index is 0.0464. The van der Waals surface area contributed by atoms with Crippen molar-refractivity contribution in [2.75, 3.05) is 53.7 Å². The Morgan fingerprint density at radius 2 is 1.67 bits per heavy atom. The number of carbonyl (C=O) groups is 5. The molecule has 3 aliphatic heterocycles. The van der Waals surface area contributed by atoms with Gasteiger partial charge in [-0.3, -0.25) is 48.9 Å². The van der Waals surface area contributed by atoms with Crippen molar-refractivity contribution < 1.29 is 42.9 Å². The Bertz CT molecular complexity index is 2280. The Hall–Kier alpha value is -6.13. The van der Waals surface area contributed by atoms with E-state index in [1.165, 1.54) is 12.1 Å². The van der Waals surface area contributed by atoms with Gasteiger partial charge in [0.05, 0.1) is 49.5 Å². The highest BCUT2D eigenvalue weighted by Crippen LogP contribution is 2.39. The fraction of sp³-hybridized carbons (Fsp3) is 0.390. The van der Waals surface area contributed by atoms with E-state index >= 15 is 0 Å². The molecule has 57 heavy (non-hydrogen) atoms. The van der Waals surface area contributed by atoms with Gasteiger partial charge in [0.15, 0.2) is 0 Å². The van der Waals surface area contributed by atoms with Crippen molar-refractivity contribution in [1.82, 2.24) is 30.0 Å². The average Bonchev–Trinajstić information content (AvgIpc) is 3.44. The number of carbonyl (C=O) groups excluding carboxylic acids is 5. The molecule has 16 nitrogen and oxygen atoms in total. The predicted octanol–water partition coefficient (Wildman–Crippen LogP) is 2.44. The zero-order chi connectivity index (χ0) is 40.2. The molecule has 0 aliphatic carbocycles. The van der Waals surface area contributed by atoms with Crippen LogP contribution in [0.15, 0.2) is 59.8 Å². The fourth-order valence-corrected chi connectivity index (χ4v) is 7.58. The molecule has 2 aromatic heterocycles. The van der Waals surface area contributed by atoms with Crippen LogP contribution in [-0.4, -0.2) is 109 Å². The minimum Gasteiger partial charge on any atom is -0.496 e. The molecule has 2 aromatic carbocycles. The third-order valence-electron chi connectivity index (χ3n) is 10.6. The van der Waals surface area contributed by atoms with Crippen LogP contribution in [0.3, 0.4) is 0 Å². The van der Waals surface area contributed by atoms with Crippen LogP contribution in [0, 0.1) is 5.92 Å². The van der Waals surface area contributed by atoms with Gasteiger partial charge in [-0.05, 0) is 66.1 Å². The lowest BCUT2D eigenvalue weighted by Gasteiger charge is -2.40. The first-order valence-electron chi connectivity index (χ1n) is 18.8. The number of methoxy groups -OCH3 is 2. The maximum absolute atomic E-state index is 13.0. The third kappa shape index (κ3) is 8.23. The van der Waals surface area contributed by atoms with E-state index in [2.05, 4.69) is 20.5 Å². The molecule has 2 saturated heterocycles. The van der Waals surface area contributed by atoms with Crippen LogP contribution in [0.4, 0.5) is 0 Å². The second kappa shape index (κ2) is 16.9. The van der Waals surface area contributed by atoms with Gasteiger partial charge in [0.25, 0.3) is 17.4 Å². The van der Waals surface area contributed by atoms with Crippen LogP contribution in [0.25, 0.3) is 21.9 Å². The summed E-state index contributed by atoms with van der Waals surface area (Å²) in [5.41, 5.74) is 2.87. The number of likely N-dealkylation sites (tertiary alicyclic amines) is 1. The largest absolute Gasteiger partial charge is 0.496 e. The maximum Gasteiger partial charge on any atom is 0.262 e. The number of hydrogen-bond donors (Lipinski definition) is 2. The fourth-order valence-electron chi connectivity index (χ4n) is 7.58. The predicted molar refractivity (Wildman–Crippen MR) is 206 cm³/mol. The van der Waals surface area contributed by atoms with Crippen LogP contribution in [0.2, 0.25) is 0 Å². The van der Waals surface area contributed by atoms with Crippen LogP contribution in [-0.2, 0) is 32.7 Å². The van der Waals surface area contributed by atoms with Crippen molar-refractivity contribution in [3.05, 3.63) is 82.0 Å². The number of benzene rings is 2. The molecule has 0 saturated carbocycles. The number of aromatic nitrogens is 2. The summed E-state index contributed by atoms with van der Waals surface area (Å²) in [5, 5.41) is 6.49. The number of piperidine rings is 1. The Labute approximate surface area is 328 Å². The molecule has 5 heterocycles. The van der Waals surface area contributed by atoms with Crippen molar-refractivity contribution in [2.45, 2.75) is 38.3 Å². The first-order valence-corrected chi connectivity index (χ1v) is 18.8. The highest BCUT2D eigenvalue weighted by molar-refractivity contribution is 6.23. The molecular weight excluding hydrogens is 736 g/mol. The zero-order valence-electron chi connectivity index (χ0n) is 32.0. The Morgan fingerprint density at radius 1 is 0.912 bits per heavy atom. The van der Waals surface area contributed by atoms with Crippen LogP contribution in [0.5, 0.6) is 17.2 Å². The molecule has 2 fully saturated rings. The number of aryl methyl sites for hydroxylation is 1.